The monoisotopic (exact) mass is 214 g/mol. The summed E-state index contributed by atoms with van der Waals surface area (Å²) in [6.07, 6.45) is 1.97. The Morgan fingerprint density at radius 2 is 2.00 bits per heavy atom. The first-order chi connectivity index (χ1) is 6.91. The molecular formula is C10H18N2O3. The molecule has 1 saturated carbocycles. The summed E-state index contributed by atoms with van der Waals surface area (Å²) in [5, 5.41) is 11.5. The lowest BCUT2D eigenvalue weighted by Gasteiger charge is -2.35. The summed E-state index contributed by atoms with van der Waals surface area (Å²) in [6, 6.07) is -0.875. The zero-order valence-corrected chi connectivity index (χ0v) is 9.36. The Bertz CT molecular complexity index is 261. The van der Waals surface area contributed by atoms with Gasteiger partial charge in [-0.1, -0.05) is 6.92 Å². The summed E-state index contributed by atoms with van der Waals surface area (Å²) in [5.74, 6) is -0.327. The number of hydrogen-bond donors (Lipinski definition) is 2. The molecule has 1 unspecified atom stereocenters. The number of nitrogens with one attached hydrogen (secondary N) is 1. The Hall–Kier alpha value is -1.26. The van der Waals surface area contributed by atoms with E-state index >= 15 is 0 Å². The van der Waals surface area contributed by atoms with E-state index in [9.17, 15) is 9.59 Å². The minimum absolute atomic E-state index is 0.218. The standard InChI is InChI=1S/C10H18N2O3/c1-6-4-8(5-6)11-10(15)12(3)7(2)9(13)14/h6-8H,4-5H2,1-3H3,(H,11,15)(H,13,14). The average molecular weight is 214 g/mol. The molecule has 0 aromatic carbocycles. The minimum atomic E-state index is -0.991. The first kappa shape index (κ1) is 11.8. The normalized spacial score (nSPS) is 26.3. The van der Waals surface area contributed by atoms with E-state index in [1.54, 1.807) is 0 Å². The summed E-state index contributed by atoms with van der Waals surface area (Å²) < 4.78 is 0. The fourth-order valence-electron chi connectivity index (χ4n) is 1.64. The molecule has 2 amide bonds. The molecule has 5 nitrogen and oxygen atoms in total. The molecule has 0 heterocycles. The van der Waals surface area contributed by atoms with Crippen LogP contribution in [0.5, 0.6) is 0 Å². The van der Waals surface area contributed by atoms with E-state index in [2.05, 4.69) is 12.2 Å². The summed E-state index contributed by atoms with van der Waals surface area (Å²) in [4.78, 5) is 23.4. The molecule has 1 fully saturated rings. The molecule has 1 aliphatic rings. The van der Waals surface area contributed by atoms with Crippen LogP contribution < -0.4 is 5.32 Å². The Morgan fingerprint density at radius 3 is 2.40 bits per heavy atom. The van der Waals surface area contributed by atoms with Crippen LogP contribution in [-0.2, 0) is 4.79 Å². The Balaban J connectivity index is 2.36. The lowest BCUT2D eigenvalue weighted by Crippen LogP contribution is -2.51. The molecule has 5 heteroatoms. The predicted molar refractivity (Wildman–Crippen MR) is 55.6 cm³/mol. The third-order valence-corrected chi connectivity index (χ3v) is 2.96. The van der Waals surface area contributed by atoms with E-state index in [0.717, 1.165) is 12.8 Å². The van der Waals surface area contributed by atoms with Crippen molar-refractivity contribution in [2.75, 3.05) is 7.05 Å². The molecule has 0 radical (unpaired) electrons. The molecule has 0 bridgehead atoms. The number of carbonyl (C=O) groups is 2. The van der Waals surface area contributed by atoms with Gasteiger partial charge in [0.1, 0.15) is 6.04 Å². The van der Waals surface area contributed by atoms with Gasteiger partial charge >= 0.3 is 12.0 Å². The van der Waals surface area contributed by atoms with Gasteiger partial charge in [0.05, 0.1) is 0 Å². The zero-order chi connectivity index (χ0) is 11.6. The van der Waals surface area contributed by atoms with Gasteiger partial charge in [-0.3, -0.25) is 0 Å². The van der Waals surface area contributed by atoms with Crippen molar-refractivity contribution in [3.8, 4) is 0 Å². The maximum Gasteiger partial charge on any atom is 0.326 e. The van der Waals surface area contributed by atoms with Crippen molar-refractivity contribution in [3.05, 3.63) is 0 Å². The van der Waals surface area contributed by atoms with Crippen LogP contribution in [0.2, 0.25) is 0 Å². The fraction of sp³-hybridized carbons (Fsp3) is 0.800. The van der Waals surface area contributed by atoms with Crippen LogP contribution >= 0.6 is 0 Å². The predicted octanol–water partition coefficient (Wildman–Crippen LogP) is 0.899. The number of amides is 2. The molecule has 0 aromatic heterocycles. The second-order valence-electron chi connectivity index (χ2n) is 4.35. The second-order valence-corrected chi connectivity index (χ2v) is 4.35. The maximum atomic E-state index is 11.6. The lowest BCUT2D eigenvalue weighted by atomic mass is 9.82. The summed E-state index contributed by atoms with van der Waals surface area (Å²) in [5.41, 5.74) is 0. The number of carbonyl (C=O) groups excluding carboxylic acids is 1. The molecule has 0 saturated heterocycles. The largest absolute Gasteiger partial charge is 0.480 e. The van der Waals surface area contributed by atoms with Gasteiger partial charge in [-0.2, -0.15) is 0 Å². The maximum absolute atomic E-state index is 11.6. The van der Waals surface area contributed by atoms with Crippen molar-refractivity contribution in [1.82, 2.24) is 10.2 Å². The SMILES string of the molecule is CC1CC(NC(=O)N(C)C(C)C(=O)O)C1. The highest BCUT2D eigenvalue weighted by atomic mass is 16.4. The van der Waals surface area contributed by atoms with Gasteiger partial charge in [-0.05, 0) is 25.7 Å². The second kappa shape index (κ2) is 4.51. The number of nitrogens with zero attached hydrogens (tertiary/aromatic N) is 1. The first-order valence-electron chi connectivity index (χ1n) is 5.18. The topological polar surface area (TPSA) is 69.6 Å². The van der Waals surface area contributed by atoms with Gasteiger partial charge < -0.3 is 15.3 Å². The summed E-state index contributed by atoms with van der Waals surface area (Å²) in [6.45, 7) is 3.62. The first-order valence-corrected chi connectivity index (χ1v) is 5.18. The van der Waals surface area contributed by atoms with Crippen molar-refractivity contribution < 1.29 is 14.7 Å². The zero-order valence-electron chi connectivity index (χ0n) is 9.36. The molecule has 2 N–H and O–H groups in total. The van der Waals surface area contributed by atoms with Gasteiger partial charge in [0.15, 0.2) is 0 Å². The Morgan fingerprint density at radius 1 is 1.47 bits per heavy atom. The smallest absolute Gasteiger partial charge is 0.326 e. The van der Waals surface area contributed by atoms with Crippen LogP contribution in [0.15, 0.2) is 0 Å². The summed E-state index contributed by atoms with van der Waals surface area (Å²) >= 11 is 0. The summed E-state index contributed by atoms with van der Waals surface area (Å²) in [7, 11) is 1.50. The van der Waals surface area contributed by atoms with Crippen LogP contribution in [0, 0.1) is 5.92 Å². The van der Waals surface area contributed by atoms with Crippen molar-refractivity contribution in [2.45, 2.75) is 38.8 Å². The Kier molecular flexibility index (Phi) is 3.55. The van der Waals surface area contributed by atoms with Crippen LogP contribution in [-0.4, -0.2) is 41.1 Å². The molecule has 1 aliphatic carbocycles. The molecule has 0 spiro atoms. The van der Waals surface area contributed by atoms with E-state index in [0.29, 0.717) is 5.92 Å². The van der Waals surface area contributed by atoms with Crippen LogP contribution in [0.1, 0.15) is 26.7 Å². The van der Waals surface area contributed by atoms with E-state index in [-0.39, 0.29) is 12.1 Å². The van der Waals surface area contributed by atoms with E-state index in [1.165, 1.54) is 18.9 Å². The van der Waals surface area contributed by atoms with Gasteiger partial charge in [0.2, 0.25) is 0 Å². The third kappa shape index (κ3) is 2.84. The number of hydrogen-bond acceptors (Lipinski definition) is 2. The van der Waals surface area contributed by atoms with Gasteiger partial charge in [0.25, 0.3) is 0 Å². The molecule has 86 valence electrons. The quantitative estimate of drug-likeness (QED) is 0.733. The lowest BCUT2D eigenvalue weighted by molar-refractivity contribution is -0.141. The highest BCUT2D eigenvalue weighted by Crippen LogP contribution is 2.26. The van der Waals surface area contributed by atoms with Crippen molar-refractivity contribution in [2.24, 2.45) is 5.92 Å². The molecule has 0 aliphatic heterocycles. The molecule has 1 atom stereocenters. The fourth-order valence-corrected chi connectivity index (χ4v) is 1.64. The number of likely N-dealkylation sites (N-methyl/N-ethyl adjacent to an activating group) is 1. The number of urea groups is 1. The van der Waals surface area contributed by atoms with Crippen LogP contribution in [0.25, 0.3) is 0 Å². The molecule has 1 rings (SSSR count). The highest BCUT2D eigenvalue weighted by Gasteiger charge is 2.29. The molecule has 0 aromatic rings. The highest BCUT2D eigenvalue weighted by molar-refractivity contribution is 5.82. The van der Waals surface area contributed by atoms with Crippen molar-refractivity contribution in [1.29, 1.82) is 0 Å². The minimum Gasteiger partial charge on any atom is -0.480 e. The molecular weight excluding hydrogens is 196 g/mol. The number of carboxylic acid groups (broad SMARTS) is 1. The van der Waals surface area contributed by atoms with Crippen LogP contribution in [0.3, 0.4) is 0 Å². The number of carboxylic acids is 1. The van der Waals surface area contributed by atoms with E-state index < -0.39 is 12.0 Å². The van der Waals surface area contributed by atoms with Gasteiger partial charge in [0, 0.05) is 13.1 Å². The Labute approximate surface area is 89.4 Å². The van der Waals surface area contributed by atoms with Crippen LogP contribution in [0.4, 0.5) is 4.79 Å². The van der Waals surface area contributed by atoms with Gasteiger partial charge in [-0.25, -0.2) is 9.59 Å². The van der Waals surface area contributed by atoms with Crippen molar-refractivity contribution >= 4 is 12.0 Å². The van der Waals surface area contributed by atoms with Crippen molar-refractivity contribution in [3.63, 3.8) is 0 Å². The number of rotatable bonds is 3. The number of aliphatic carboxylic acids is 1. The van der Waals surface area contributed by atoms with E-state index in [1.807, 2.05) is 0 Å². The van der Waals surface area contributed by atoms with Gasteiger partial charge in [-0.15, -0.1) is 0 Å². The third-order valence-electron chi connectivity index (χ3n) is 2.96. The average Bonchev–Trinajstić information content (AvgIpc) is 2.12. The molecule has 15 heavy (non-hydrogen) atoms. The van der Waals surface area contributed by atoms with E-state index in [4.69, 9.17) is 5.11 Å².